The molecular weight excluding hydrogens is 364 g/mol. The molecule has 0 radical (unpaired) electrons. The first kappa shape index (κ1) is 13.5. The molecule has 0 bridgehead atoms. The van der Waals surface area contributed by atoms with Crippen LogP contribution in [0.25, 0.3) is 0 Å². The molecule has 18 heavy (non-hydrogen) atoms. The molecule has 1 aromatic carbocycles. The van der Waals surface area contributed by atoms with E-state index in [9.17, 15) is 5.11 Å². The van der Waals surface area contributed by atoms with Crippen LogP contribution in [0.3, 0.4) is 0 Å². The molecule has 0 aliphatic heterocycles. The van der Waals surface area contributed by atoms with Gasteiger partial charge in [-0.15, -0.1) is 0 Å². The third-order valence-corrected chi connectivity index (χ3v) is 3.33. The van der Waals surface area contributed by atoms with Gasteiger partial charge in [0.1, 0.15) is 11.6 Å². The highest BCUT2D eigenvalue weighted by Crippen LogP contribution is 2.32. The fourth-order valence-electron chi connectivity index (χ4n) is 1.33. The largest absolute Gasteiger partial charge is 0.437 e. The summed E-state index contributed by atoms with van der Waals surface area (Å²) in [4.78, 5) is 8.20. The zero-order chi connectivity index (χ0) is 13.1. The number of nitrogens with zero attached hydrogens (tertiary/aromatic N) is 2. The van der Waals surface area contributed by atoms with Gasteiger partial charge in [-0.1, -0.05) is 15.9 Å². The second-order valence-electron chi connectivity index (χ2n) is 3.58. The van der Waals surface area contributed by atoms with Crippen LogP contribution in [-0.2, 0) is 6.61 Å². The maximum atomic E-state index is 9.22. The number of aromatic nitrogens is 2. The highest BCUT2D eigenvalue weighted by Gasteiger charge is 2.10. The lowest BCUT2D eigenvalue weighted by atomic mass is 10.3. The Balaban J connectivity index is 2.36. The van der Waals surface area contributed by atoms with Crippen LogP contribution in [0.2, 0.25) is 0 Å². The fourth-order valence-corrected chi connectivity index (χ4v) is 2.46. The monoisotopic (exact) mass is 372 g/mol. The molecule has 1 N–H and O–H groups in total. The number of aryl methyl sites for hydroxylation is 1. The second kappa shape index (κ2) is 5.77. The molecule has 0 atom stereocenters. The standard InChI is InChI=1S/C12H10Br2N2O2/c1-7-15-5-8(6-17)12(16-7)18-11-3-2-9(13)4-10(11)14/h2-5,17H,6H2,1H3. The van der Waals surface area contributed by atoms with Crippen molar-refractivity contribution in [3.05, 3.63) is 44.7 Å². The average Bonchev–Trinajstić information content (AvgIpc) is 2.33. The molecule has 2 rings (SSSR count). The van der Waals surface area contributed by atoms with Gasteiger partial charge in [0.05, 0.1) is 16.6 Å². The molecule has 1 heterocycles. The molecule has 0 spiro atoms. The zero-order valence-corrected chi connectivity index (χ0v) is 12.7. The lowest BCUT2D eigenvalue weighted by molar-refractivity contribution is 0.274. The lowest BCUT2D eigenvalue weighted by Crippen LogP contribution is -1.99. The Labute approximate surface area is 121 Å². The molecule has 0 fully saturated rings. The summed E-state index contributed by atoms with van der Waals surface area (Å²) in [5, 5.41) is 9.22. The van der Waals surface area contributed by atoms with E-state index in [4.69, 9.17) is 4.74 Å². The van der Waals surface area contributed by atoms with E-state index in [1.54, 1.807) is 13.1 Å². The zero-order valence-electron chi connectivity index (χ0n) is 9.52. The number of aliphatic hydroxyl groups is 1. The molecule has 0 saturated carbocycles. The number of aliphatic hydroxyl groups excluding tert-OH is 1. The van der Waals surface area contributed by atoms with Crippen LogP contribution in [0.1, 0.15) is 11.4 Å². The minimum absolute atomic E-state index is 0.163. The Bertz CT molecular complexity index is 576. The van der Waals surface area contributed by atoms with Gasteiger partial charge in [-0.25, -0.2) is 4.98 Å². The third kappa shape index (κ3) is 3.07. The third-order valence-electron chi connectivity index (χ3n) is 2.22. The average molecular weight is 374 g/mol. The van der Waals surface area contributed by atoms with Crippen molar-refractivity contribution < 1.29 is 9.84 Å². The van der Waals surface area contributed by atoms with Crippen LogP contribution in [0.5, 0.6) is 11.6 Å². The van der Waals surface area contributed by atoms with Crippen molar-refractivity contribution in [1.29, 1.82) is 0 Å². The first-order valence-corrected chi connectivity index (χ1v) is 6.75. The van der Waals surface area contributed by atoms with Gasteiger partial charge in [0, 0.05) is 10.7 Å². The van der Waals surface area contributed by atoms with Crippen molar-refractivity contribution in [2.45, 2.75) is 13.5 Å². The molecular formula is C12H10Br2N2O2. The predicted octanol–water partition coefficient (Wildman–Crippen LogP) is 3.59. The van der Waals surface area contributed by atoms with E-state index in [1.807, 2.05) is 18.2 Å². The van der Waals surface area contributed by atoms with Gasteiger partial charge < -0.3 is 9.84 Å². The topological polar surface area (TPSA) is 55.2 Å². The van der Waals surface area contributed by atoms with Crippen LogP contribution in [-0.4, -0.2) is 15.1 Å². The van der Waals surface area contributed by atoms with E-state index in [0.717, 1.165) is 8.95 Å². The van der Waals surface area contributed by atoms with Gasteiger partial charge in [-0.3, -0.25) is 0 Å². The Morgan fingerprint density at radius 3 is 2.78 bits per heavy atom. The van der Waals surface area contributed by atoms with E-state index in [-0.39, 0.29) is 6.61 Å². The van der Waals surface area contributed by atoms with Crippen LogP contribution in [0, 0.1) is 6.92 Å². The normalized spacial score (nSPS) is 10.4. The van der Waals surface area contributed by atoms with Crippen molar-refractivity contribution in [2.24, 2.45) is 0 Å². The van der Waals surface area contributed by atoms with Crippen molar-refractivity contribution >= 4 is 31.9 Å². The van der Waals surface area contributed by atoms with E-state index in [2.05, 4.69) is 41.8 Å². The quantitative estimate of drug-likeness (QED) is 0.893. The highest BCUT2D eigenvalue weighted by atomic mass is 79.9. The van der Waals surface area contributed by atoms with Gasteiger partial charge in [0.15, 0.2) is 0 Å². The van der Waals surface area contributed by atoms with E-state index >= 15 is 0 Å². The first-order chi connectivity index (χ1) is 8.60. The molecule has 0 amide bonds. The van der Waals surface area contributed by atoms with E-state index in [1.165, 1.54) is 0 Å². The SMILES string of the molecule is Cc1ncc(CO)c(Oc2ccc(Br)cc2Br)n1. The smallest absolute Gasteiger partial charge is 0.228 e. The summed E-state index contributed by atoms with van der Waals surface area (Å²) in [6.07, 6.45) is 1.56. The van der Waals surface area contributed by atoms with Crippen LogP contribution in [0.4, 0.5) is 0 Å². The Hall–Kier alpha value is -0.980. The lowest BCUT2D eigenvalue weighted by Gasteiger charge is -2.10. The van der Waals surface area contributed by atoms with Crippen molar-refractivity contribution in [3.63, 3.8) is 0 Å². The molecule has 4 nitrogen and oxygen atoms in total. The van der Waals surface area contributed by atoms with Gasteiger partial charge in [0.25, 0.3) is 0 Å². The highest BCUT2D eigenvalue weighted by molar-refractivity contribution is 9.11. The summed E-state index contributed by atoms with van der Waals surface area (Å²) < 4.78 is 7.44. The number of hydrogen-bond donors (Lipinski definition) is 1. The Morgan fingerprint density at radius 1 is 1.33 bits per heavy atom. The number of rotatable bonds is 3. The summed E-state index contributed by atoms with van der Waals surface area (Å²) in [6.45, 7) is 1.61. The minimum atomic E-state index is -0.163. The van der Waals surface area contributed by atoms with Crippen LogP contribution >= 0.6 is 31.9 Å². The van der Waals surface area contributed by atoms with E-state index in [0.29, 0.717) is 23.0 Å². The first-order valence-electron chi connectivity index (χ1n) is 5.16. The summed E-state index contributed by atoms with van der Waals surface area (Å²) >= 11 is 6.78. The van der Waals surface area contributed by atoms with Gasteiger partial charge in [0.2, 0.25) is 5.88 Å². The maximum absolute atomic E-state index is 9.22. The Morgan fingerprint density at radius 2 is 2.11 bits per heavy atom. The summed E-state index contributed by atoms with van der Waals surface area (Å²) in [7, 11) is 0. The predicted molar refractivity (Wildman–Crippen MR) is 74.6 cm³/mol. The molecule has 6 heteroatoms. The number of hydrogen-bond acceptors (Lipinski definition) is 4. The Kier molecular flexibility index (Phi) is 4.31. The molecule has 94 valence electrons. The van der Waals surface area contributed by atoms with Gasteiger partial charge in [-0.05, 0) is 41.1 Å². The second-order valence-corrected chi connectivity index (χ2v) is 5.35. The summed E-state index contributed by atoms with van der Waals surface area (Å²) in [5.41, 5.74) is 0.551. The molecule has 0 unspecified atom stereocenters. The molecule has 2 aromatic rings. The van der Waals surface area contributed by atoms with Gasteiger partial charge >= 0.3 is 0 Å². The number of ether oxygens (including phenoxy) is 1. The molecule has 0 saturated heterocycles. The van der Waals surface area contributed by atoms with Gasteiger partial charge in [-0.2, -0.15) is 4.98 Å². The number of benzene rings is 1. The van der Waals surface area contributed by atoms with Crippen molar-refractivity contribution in [1.82, 2.24) is 9.97 Å². The van der Waals surface area contributed by atoms with Crippen molar-refractivity contribution in [2.75, 3.05) is 0 Å². The fraction of sp³-hybridized carbons (Fsp3) is 0.167. The summed E-state index contributed by atoms with van der Waals surface area (Å²) in [5.74, 6) is 1.59. The molecule has 0 aliphatic carbocycles. The van der Waals surface area contributed by atoms with Crippen LogP contribution < -0.4 is 4.74 Å². The van der Waals surface area contributed by atoms with E-state index < -0.39 is 0 Å². The maximum Gasteiger partial charge on any atom is 0.228 e. The minimum Gasteiger partial charge on any atom is -0.437 e. The van der Waals surface area contributed by atoms with Crippen molar-refractivity contribution in [3.8, 4) is 11.6 Å². The van der Waals surface area contributed by atoms with Crippen LogP contribution in [0.15, 0.2) is 33.3 Å². The summed E-state index contributed by atoms with van der Waals surface area (Å²) in [6, 6.07) is 5.56. The molecule has 0 aliphatic rings. The molecule has 1 aromatic heterocycles. The number of halogens is 2.